The Morgan fingerprint density at radius 2 is 1.82 bits per heavy atom. The first-order valence-electron chi connectivity index (χ1n) is 6.39. The van der Waals surface area contributed by atoms with Crippen LogP contribution in [0.25, 0.3) is 11.5 Å². The first-order chi connectivity index (χ1) is 10.6. The summed E-state index contributed by atoms with van der Waals surface area (Å²) in [6.45, 7) is 0.308. The molecule has 0 unspecified atom stereocenters. The number of hydrogen-bond acceptors (Lipinski definition) is 4. The molecular weight excluding hydrogens is 328 g/mol. The Balaban J connectivity index is 1.69. The molecule has 1 aromatic heterocycles. The minimum atomic E-state index is -0.463. The second-order valence-corrected chi connectivity index (χ2v) is 5.33. The van der Waals surface area contributed by atoms with Crippen LogP contribution in [-0.4, -0.2) is 10.2 Å². The number of aromatic nitrogens is 2. The minimum absolute atomic E-state index is 0.0531. The van der Waals surface area contributed by atoms with Gasteiger partial charge in [0.1, 0.15) is 5.82 Å². The van der Waals surface area contributed by atoms with Crippen LogP contribution in [0.2, 0.25) is 10.0 Å². The zero-order chi connectivity index (χ0) is 15.5. The van der Waals surface area contributed by atoms with Crippen molar-refractivity contribution in [3.05, 3.63) is 64.2 Å². The first-order valence-corrected chi connectivity index (χ1v) is 7.14. The van der Waals surface area contributed by atoms with Gasteiger partial charge >= 0.3 is 0 Å². The lowest BCUT2D eigenvalue weighted by molar-refractivity contribution is 0.515. The van der Waals surface area contributed by atoms with Crippen LogP contribution in [0.3, 0.4) is 0 Å². The van der Waals surface area contributed by atoms with Crippen LogP contribution >= 0.6 is 23.2 Å². The maximum atomic E-state index is 13.1. The van der Waals surface area contributed by atoms with Gasteiger partial charge in [-0.25, -0.2) is 4.39 Å². The Kier molecular flexibility index (Phi) is 4.27. The lowest BCUT2D eigenvalue weighted by Gasteiger charge is -2.04. The predicted molar refractivity (Wildman–Crippen MR) is 83.5 cm³/mol. The van der Waals surface area contributed by atoms with Crippen molar-refractivity contribution in [1.29, 1.82) is 0 Å². The van der Waals surface area contributed by atoms with Gasteiger partial charge in [-0.15, -0.1) is 10.2 Å². The second-order valence-electron chi connectivity index (χ2n) is 4.49. The molecule has 0 spiro atoms. The van der Waals surface area contributed by atoms with Crippen LogP contribution in [-0.2, 0) is 6.54 Å². The van der Waals surface area contributed by atoms with Crippen LogP contribution in [0.15, 0.2) is 46.9 Å². The molecule has 0 saturated heterocycles. The fourth-order valence-electron chi connectivity index (χ4n) is 1.82. The van der Waals surface area contributed by atoms with Crippen LogP contribution in [0, 0.1) is 5.82 Å². The summed E-state index contributed by atoms with van der Waals surface area (Å²) >= 11 is 11.5. The predicted octanol–water partition coefficient (Wildman–Crippen LogP) is 4.79. The van der Waals surface area contributed by atoms with Crippen LogP contribution in [0.5, 0.6) is 0 Å². The number of hydrogen-bond donors (Lipinski definition) is 1. The van der Waals surface area contributed by atoms with E-state index < -0.39 is 5.82 Å². The van der Waals surface area contributed by atoms with Crippen molar-refractivity contribution in [2.45, 2.75) is 6.54 Å². The van der Waals surface area contributed by atoms with Crippen molar-refractivity contribution in [1.82, 2.24) is 10.2 Å². The molecule has 112 valence electrons. The highest BCUT2D eigenvalue weighted by atomic mass is 35.5. The van der Waals surface area contributed by atoms with Crippen LogP contribution < -0.4 is 5.32 Å². The normalized spacial score (nSPS) is 10.7. The molecule has 0 aliphatic carbocycles. The maximum absolute atomic E-state index is 13.1. The van der Waals surface area contributed by atoms with Gasteiger partial charge in [-0.2, -0.15) is 0 Å². The van der Waals surface area contributed by atoms with Gasteiger partial charge in [-0.1, -0.05) is 23.2 Å². The maximum Gasteiger partial charge on any atom is 0.247 e. The van der Waals surface area contributed by atoms with E-state index in [9.17, 15) is 4.39 Å². The second kappa shape index (κ2) is 6.34. The molecule has 1 N–H and O–H groups in total. The van der Waals surface area contributed by atoms with E-state index in [1.807, 2.05) is 0 Å². The quantitative estimate of drug-likeness (QED) is 0.743. The molecule has 0 saturated carbocycles. The number of anilines is 1. The summed E-state index contributed by atoms with van der Waals surface area (Å²) < 4.78 is 18.6. The lowest BCUT2D eigenvalue weighted by atomic mass is 10.2. The van der Waals surface area contributed by atoms with Crippen molar-refractivity contribution in [3.8, 4) is 11.5 Å². The van der Waals surface area contributed by atoms with Crippen molar-refractivity contribution < 1.29 is 8.81 Å². The topological polar surface area (TPSA) is 51.0 Å². The van der Waals surface area contributed by atoms with Crippen LogP contribution in [0.4, 0.5) is 10.1 Å². The Labute approximate surface area is 135 Å². The molecule has 0 fully saturated rings. The molecule has 0 bridgehead atoms. The minimum Gasteiger partial charge on any atom is -0.419 e. The molecule has 0 radical (unpaired) electrons. The Bertz CT molecular complexity index is 790. The number of benzene rings is 2. The third kappa shape index (κ3) is 3.37. The largest absolute Gasteiger partial charge is 0.419 e. The lowest BCUT2D eigenvalue weighted by Crippen LogP contribution is -1.99. The highest BCUT2D eigenvalue weighted by Gasteiger charge is 2.08. The van der Waals surface area contributed by atoms with Gasteiger partial charge in [0.25, 0.3) is 0 Å². The number of halogens is 3. The molecular formula is C15H10Cl2FN3O. The van der Waals surface area contributed by atoms with E-state index in [1.165, 1.54) is 12.1 Å². The SMILES string of the molecule is Fc1ccc(NCc2nnc(-c3ccc(Cl)cc3)o2)cc1Cl. The Morgan fingerprint density at radius 3 is 2.55 bits per heavy atom. The Morgan fingerprint density at radius 1 is 1.05 bits per heavy atom. The standard InChI is InChI=1S/C15H10Cl2FN3O/c16-10-3-1-9(2-4-10)15-21-20-14(22-15)8-19-11-5-6-13(18)12(17)7-11/h1-7,19H,8H2. The summed E-state index contributed by atoms with van der Waals surface area (Å²) in [6.07, 6.45) is 0. The molecule has 2 aromatic carbocycles. The van der Waals surface area contributed by atoms with E-state index >= 15 is 0 Å². The van der Waals surface area contributed by atoms with Crippen molar-refractivity contribution in [2.75, 3.05) is 5.32 Å². The highest BCUT2D eigenvalue weighted by molar-refractivity contribution is 6.31. The van der Waals surface area contributed by atoms with Crippen molar-refractivity contribution >= 4 is 28.9 Å². The van der Waals surface area contributed by atoms with Gasteiger partial charge < -0.3 is 9.73 Å². The summed E-state index contributed by atoms with van der Waals surface area (Å²) in [5.74, 6) is 0.353. The molecule has 0 atom stereocenters. The van der Waals surface area contributed by atoms with E-state index in [1.54, 1.807) is 30.3 Å². The van der Waals surface area contributed by atoms with Gasteiger partial charge in [0, 0.05) is 16.3 Å². The van der Waals surface area contributed by atoms with Gasteiger partial charge in [-0.3, -0.25) is 0 Å². The van der Waals surface area contributed by atoms with Gasteiger partial charge in [-0.05, 0) is 42.5 Å². The summed E-state index contributed by atoms with van der Waals surface area (Å²) in [7, 11) is 0. The summed E-state index contributed by atoms with van der Waals surface area (Å²) in [4.78, 5) is 0. The smallest absolute Gasteiger partial charge is 0.247 e. The number of nitrogens with zero attached hydrogens (tertiary/aromatic N) is 2. The Hall–Kier alpha value is -2.11. The van der Waals surface area contributed by atoms with Gasteiger partial charge in [0.05, 0.1) is 11.6 Å². The van der Waals surface area contributed by atoms with E-state index in [0.717, 1.165) is 5.56 Å². The van der Waals surface area contributed by atoms with Crippen molar-refractivity contribution in [2.24, 2.45) is 0 Å². The molecule has 22 heavy (non-hydrogen) atoms. The summed E-state index contributed by atoms with van der Waals surface area (Å²) in [6, 6.07) is 11.5. The zero-order valence-corrected chi connectivity index (χ0v) is 12.7. The number of rotatable bonds is 4. The van der Waals surface area contributed by atoms with E-state index in [2.05, 4.69) is 15.5 Å². The fraction of sp³-hybridized carbons (Fsp3) is 0.0667. The van der Waals surface area contributed by atoms with Gasteiger partial charge in [0.2, 0.25) is 11.8 Å². The highest BCUT2D eigenvalue weighted by Crippen LogP contribution is 2.22. The molecule has 0 aliphatic rings. The summed E-state index contributed by atoms with van der Waals surface area (Å²) in [5.41, 5.74) is 1.45. The van der Waals surface area contributed by atoms with E-state index in [4.69, 9.17) is 27.6 Å². The summed E-state index contributed by atoms with van der Waals surface area (Å²) in [5, 5.41) is 11.6. The molecule has 3 rings (SSSR count). The zero-order valence-electron chi connectivity index (χ0n) is 11.2. The molecule has 0 amide bonds. The van der Waals surface area contributed by atoms with E-state index in [0.29, 0.717) is 29.0 Å². The fourth-order valence-corrected chi connectivity index (χ4v) is 2.12. The molecule has 4 nitrogen and oxygen atoms in total. The third-order valence-electron chi connectivity index (χ3n) is 2.92. The monoisotopic (exact) mass is 337 g/mol. The van der Waals surface area contributed by atoms with E-state index in [-0.39, 0.29) is 5.02 Å². The van der Waals surface area contributed by atoms with Crippen LogP contribution in [0.1, 0.15) is 5.89 Å². The van der Waals surface area contributed by atoms with Crippen molar-refractivity contribution in [3.63, 3.8) is 0 Å². The molecule has 3 aromatic rings. The average Bonchev–Trinajstić information content (AvgIpc) is 2.98. The number of nitrogens with one attached hydrogen (secondary N) is 1. The molecule has 7 heteroatoms. The van der Waals surface area contributed by atoms with Gasteiger partial charge in [0.15, 0.2) is 0 Å². The third-order valence-corrected chi connectivity index (χ3v) is 3.46. The molecule has 1 heterocycles. The average molecular weight is 338 g/mol. The first kappa shape index (κ1) is 14.8. The molecule has 0 aliphatic heterocycles.